The van der Waals surface area contributed by atoms with Crippen molar-refractivity contribution in [3.8, 4) is 0 Å². The van der Waals surface area contributed by atoms with Crippen molar-refractivity contribution in [2.45, 2.75) is 43.4 Å². The number of halogens is 2. The zero-order chi connectivity index (χ0) is 20.4. The van der Waals surface area contributed by atoms with Crippen molar-refractivity contribution in [3.63, 3.8) is 0 Å². The number of carbonyl (C=O) groups excluding carboxylic acids is 1. The minimum Gasteiger partial charge on any atom is -0.301 e. The number of aromatic nitrogens is 2. The van der Waals surface area contributed by atoms with E-state index in [4.69, 9.17) is 23.2 Å². The summed E-state index contributed by atoms with van der Waals surface area (Å²) in [4.78, 5) is 24.0. The van der Waals surface area contributed by atoms with Gasteiger partial charge < -0.3 is 5.32 Å². The molecule has 1 aliphatic rings. The molecule has 29 heavy (non-hydrogen) atoms. The van der Waals surface area contributed by atoms with Crippen molar-refractivity contribution < 1.29 is 4.79 Å². The molecule has 0 fully saturated rings. The number of thioether (sulfide) groups is 1. The van der Waals surface area contributed by atoms with Gasteiger partial charge in [-0.25, -0.2) is 9.97 Å². The van der Waals surface area contributed by atoms with Crippen molar-refractivity contribution in [3.05, 3.63) is 54.9 Å². The van der Waals surface area contributed by atoms with E-state index in [0.717, 1.165) is 39.0 Å². The van der Waals surface area contributed by atoms with Crippen molar-refractivity contribution in [2.75, 3.05) is 11.1 Å². The fourth-order valence-corrected chi connectivity index (χ4v) is 6.67. The lowest BCUT2D eigenvalue weighted by atomic mass is 10.0. The van der Waals surface area contributed by atoms with Gasteiger partial charge in [-0.1, -0.05) is 35.0 Å². The van der Waals surface area contributed by atoms with Gasteiger partial charge in [-0.15, -0.1) is 22.7 Å². The van der Waals surface area contributed by atoms with Crippen LogP contribution in [0, 0.1) is 6.92 Å². The number of rotatable bonds is 6. The first-order chi connectivity index (χ1) is 14.0. The van der Waals surface area contributed by atoms with E-state index in [0.29, 0.717) is 27.4 Å². The molecule has 1 aliphatic carbocycles. The van der Waals surface area contributed by atoms with E-state index in [9.17, 15) is 4.79 Å². The molecule has 0 spiro atoms. The Hall–Kier alpha value is -1.12. The molecule has 1 aromatic carbocycles. The molecule has 0 saturated heterocycles. The summed E-state index contributed by atoms with van der Waals surface area (Å²) in [6.07, 6.45) is 5.18. The number of nitrogens with one attached hydrogen (secondary N) is 1. The summed E-state index contributed by atoms with van der Waals surface area (Å²) in [5.41, 5.74) is 3.10. The SMILES string of the molecule is Cc1nc(SCC(=O)Nc2nc3c(s2)CCCC3)sc1Cc1cc(Cl)ccc1Cl. The highest BCUT2D eigenvalue weighted by Crippen LogP contribution is 2.32. The molecule has 2 aromatic heterocycles. The number of nitrogens with zero attached hydrogens (tertiary/aromatic N) is 2. The largest absolute Gasteiger partial charge is 0.301 e. The minimum absolute atomic E-state index is 0.0478. The van der Waals surface area contributed by atoms with Crippen LogP contribution >= 0.6 is 57.6 Å². The van der Waals surface area contributed by atoms with Gasteiger partial charge in [0.1, 0.15) is 0 Å². The van der Waals surface area contributed by atoms with Crippen LogP contribution in [0.2, 0.25) is 10.0 Å². The van der Waals surface area contributed by atoms with Gasteiger partial charge in [0.15, 0.2) is 9.47 Å². The van der Waals surface area contributed by atoms with Crippen LogP contribution in [0.25, 0.3) is 0 Å². The highest BCUT2D eigenvalue weighted by Gasteiger charge is 2.17. The third-order valence-corrected chi connectivity index (χ3v) is 8.63. The summed E-state index contributed by atoms with van der Waals surface area (Å²) >= 11 is 17.0. The van der Waals surface area contributed by atoms with E-state index >= 15 is 0 Å². The lowest BCUT2D eigenvalue weighted by Crippen LogP contribution is -2.13. The first-order valence-corrected chi connectivity index (χ1v) is 12.7. The molecule has 1 N–H and O–H groups in total. The van der Waals surface area contributed by atoms with E-state index in [1.807, 2.05) is 19.1 Å². The molecule has 2 heterocycles. The molecule has 4 nitrogen and oxygen atoms in total. The predicted molar refractivity (Wildman–Crippen MR) is 124 cm³/mol. The number of thiazole rings is 2. The number of aryl methyl sites for hydroxylation is 3. The predicted octanol–water partition coefficient (Wildman–Crippen LogP) is 6.42. The topological polar surface area (TPSA) is 54.9 Å². The van der Waals surface area contributed by atoms with Crippen LogP contribution in [0.3, 0.4) is 0 Å². The van der Waals surface area contributed by atoms with Crippen LogP contribution in [0.4, 0.5) is 5.13 Å². The summed E-state index contributed by atoms with van der Waals surface area (Å²) in [6.45, 7) is 1.98. The van der Waals surface area contributed by atoms with E-state index in [1.165, 1.54) is 29.5 Å². The summed E-state index contributed by atoms with van der Waals surface area (Å²) < 4.78 is 0.879. The van der Waals surface area contributed by atoms with E-state index < -0.39 is 0 Å². The maximum Gasteiger partial charge on any atom is 0.236 e. The van der Waals surface area contributed by atoms with Gasteiger partial charge in [-0.2, -0.15) is 0 Å². The maximum atomic E-state index is 12.3. The quantitative estimate of drug-likeness (QED) is 0.411. The Balaban J connectivity index is 1.35. The van der Waals surface area contributed by atoms with Crippen LogP contribution in [0.5, 0.6) is 0 Å². The van der Waals surface area contributed by atoms with E-state index in [1.54, 1.807) is 28.7 Å². The average Bonchev–Trinajstić information content (AvgIpc) is 3.25. The number of hydrogen-bond donors (Lipinski definition) is 1. The first kappa shape index (κ1) is 21.1. The van der Waals surface area contributed by atoms with Crippen LogP contribution in [-0.4, -0.2) is 21.6 Å². The Kier molecular flexibility index (Phi) is 6.81. The van der Waals surface area contributed by atoms with Gasteiger partial charge in [-0.3, -0.25) is 4.79 Å². The molecular weight excluding hydrogens is 465 g/mol. The Bertz CT molecular complexity index is 1020. The second kappa shape index (κ2) is 9.35. The standard InChI is InChI=1S/C20H19Cl2N3OS3/c1-11-17(9-12-8-13(21)6-7-14(12)22)29-20(23-11)27-10-18(26)25-19-24-15-4-2-3-5-16(15)28-19/h6-8H,2-5,9-10H2,1H3,(H,24,25,26). The summed E-state index contributed by atoms with van der Waals surface area (Å²) in [6, 6.07) is 5.48. The zero-order valence-corrected chi connectivity index (χ0v) is 19.7. The fourth-order valence-electron chi connectivity index (χ4n) is 3.17. The van der Waals surface area contributed by atoms with Gasteiger partial charge in [-0.05, 0) is 56.4 Å². The second-order valence-corrected chi connectivity index (χ2v) is 11.1. The van der Waals surface area contributed by atoms with Crippen molar-refractivity contribution in [2.24, 2.45) is 0 Å². The Morgan fingerprint density at radius 3 is 2.86 bits per heavy atom. The van der Waals surface area contributed by atoms with Crippen LogP contribution in [0.15, 0.2) is 22.5 Å². The summed E-state index contributed by atoms with van der Waals surface area (Å²) in [5, 5.41) is 5.02. The smallest absolute Gasteiger partial charge is 0.236 e. The average molecular weight is 484 g/mol. The molecule has 3 aromatic rings. The molecule has 152 valence electrons. The number of amides is 1. The van der Waals surface area contributed by atoms with Crippen molar-refractivity contribution in [1.82, 2.24) is 9.97 Å². The van der Waals surface area contributed by atoms with Gasteiger partial charge in [0.25, 0.3) is 0 Å². The first-order valence-electron chi connectivity index (χ1n) is 9.29. The van der Waals surface area contributed by atoms with Gasteiger partial charge in [0.05, 0.1) is 17.1 Å². The highest BCUT2D eigenvalue weighted by molar-refractivity contribution is 8.01. The molecule has 0 aliphatic heterocycles. The number of benzene rings is 1. The van der Waals surface area contributed by atoms with Crippen molar-refractivity contribution >= 4 is 68.7 Å². The Morgan fingerprint density at radius 2 is 2.03 bits per heavy atom. The zero-order valence-electron chi connectivity index (χ0n) is 15.8. The normalized spacial score (nSPS) is 13.3. The number of fused-ring (bicyclic) bond motifs is 1. The van der Waals surface area contributed by atoms with Crippen LogP contribution < -0.4 is 5.32 Å². The second-order valence-electron chi connectivity index (χ2n) is 6.83. The van der Waals surface area contributed by atoms with Crippen LogP contribution in [0.1, 0.15) is 39.5 Å². The molecule has 0 radical (unpaired) electrons. The Labute approximate surface area is 192 Å². The van der Waals surface area contributed by atoms with Crippen LogP contribution in [-0.2, 0) is 24.1 Å². The van der Waals surface area contributed by atoms with Crippen molar-refractivity contribution in [1.29, 1.82) is 0 Å². The third kappa shape index (κ3) is 5.33. The number of hydrogen-bond acceptors (Lipinski definition) is 6. The van der Waals surface area contributed by atoms with Gasteiger partial charge in [0.2, 0.25) is 5.91 Å². The molecule has 0 atom stereocenters. The minimum atomic E-state index is -0.0478. The van der Waals surface area contributed by atoms with E-state index in [-0.39, 0.29) is 5.91 Å². The molecule has 0 saturated carbocycles. The number of carbonyl (C=O) groups is 1. The molecule has 0 bridgehead atoms. The Morgan fingerprint density at radius 1 is 1.21 bits per heavy atom. The number of anilines is 1. The molecule has 1 amide bonds. The molecule has 4 rings (SSSR count). The van der Waals surface area contributed by atoms with Gasteiger partial charge in [0, 0.05) is 26.2 Å². The lowest BCUT2D eigenvalue weighted by Gasteiger charge is -2.06. The van der Waals surface area contributed by atoms with Gasteiger partial charge >= 0.3 is 0 Å². The summed E-state index contributed by atoms with van der Waals surface area (Å²) in [5.74, 6) is 0.266. The maximum absolute atomic E-state index is 12.3. The molecule has 9 heteroatoms. The third-order valence-electron chi connectivity index (χ3n) is 4.65. The molecular formula is C20H19Cl2N3OS3. The molecule has 0 unspecified atom stereocenters. The van der Waals surface area contributed by atoms with E-state index in [2.05, 4.69) is 15.3 Å². The fraction of sp³-hybridized carbons (Fsp3) is 0.350. The summed E-state index contributed by atoms with van der Waals surface area (Å²) in [7, 11) is 0. The lowest BCUT2D eigenvalue weighted by molar-refractivity contribution is -0.113. The monoisotopic (exact) mass is 483 g/mol. The highest BCUT2D eigenvalue weighted by atomic mass is 35.5.